The summed E-state index contributed by atoms with van der Waals surface area (Å²) >= 11 is 5.14. The van der Waals surface area contributed by atoms with Crippen LogP contribution >= 0.6 is 27.3 Å². The SMILES string of the molecule is Cc1c(-c2cscc2Br)nn(C)c1N. The molecule has 2 heterocycles. The van der Waals surface area contributed by atoms with E-state index >= 15 is 0 Å². The molecule has 0 saturated carbocycles. The van der Waals surface area contributed by atoms with Crippen molar-refractivity contribution in [3.8, 4) is 11.3 Å². The minimum Gasteiger partial charge on any atom is -0.384 e. The van der Waals surface area contributed by atoms with Crippen molar-refractivity contribution >= 4 is 33.1 Å². The molecule has 0 aromatic carbocycles. The summed E-state index contributed by atoms with van der Waals surface area (Å²) in [5.74, 6) is 0.720. The summed E-state index contributed by atoms with van der Waals surface area (Å²) in [5.41, 5.74) is 8.95. The summed E-state index contributed by atoms with van der Waals surface area (Å²) < 4.78 is 2.78. The van der Waals surface area contributed by atoms with Gasteiger partial charge < -0.3 is 5.73 Å². The Kier molecular flexibility index (Phi) is 2.36. The van der Waals surface area contributed by atoms with Gasteiger partial charge in [0.25, 0.3) is 0 Å². The van der Waals surface area contributed by atoms with Crippen molar-refractivity contribution in [3.05, 3.63) is 20.8 Å². The van der Waals surface area contributed by atoms with Gasteiger partial charge in [0.05, 0.1) is 5.69 Å². The van der Waals surface area contributed by atoms with Crippen LogP contribution in [-0.2, 0) is 7.05 Å². The number of nitrogens with zero attached hydrogens (tertiary/aromatic N) is 2. The van der Waals surface area contributed by atoms with E-state index < -0.39 is 0 Å². The first-order chi connectivity index (χ1) is 6.61. The number of anilines is 1. The zero-order valence-electron chi connectivity index (χ0n) is 7.91. The third kappa shape index (κ3) is 1.36. The number of halogens is 1. The molecule has 5 heteroatoms. The Morgan fingerprint density at radius 1 is 1.50 bits per heavy atom. The second-order valence-corrected chi connectivity index (χ2v) is 4.71. The standard InChI is InChI=1S/C9H10BrN3S/c1-5-8(12-13(2)9(5)11)6-3-14-4-7(6)10/h3-4H,11H2,1-2H3. The van der Waals surface area contributed by atoms with Crippen LogP contribution in [0.2, 0.25) is 0 Å². The fourth-order valence-electron chi connectivity index (χ4n) is 1.35. The summed E-state index contributed by atoms with van der Waals surface area (Å²) in [6, 6.07) is 0. The molecule has 0 amide bonds. The van der Waals surface area contributed by atoms with E-state index in [-0.39, 0.29) is 0 Å². The number of hydrogen-bond donors (Lipinski definition) is 1. The second kappa shape index (κ2) is 3.40. The predicted octanol–water partition coefficient (Wildman–Crippen LogP) is 2.80. The zero-order chi connectivity index (χ0) is 10.3. The third-order valence-electron chi connectivity index (χ3n) is 2.21. The third-order valence-corrected chi connectivity index (χ3v) is 3.91. The molecule has 0 bridgehead atoms. The van der Waals surface area contributed by atoms with Crippen molar-refractivity contribution in [2.24, 2.45) is 7.05 Å². The fourth-order valence-corrected chi connectivity index (χ4v) is 2.82. The van der Waals surface area contributed by atoms with E-state index in [0.717, 1.165) is 27.1 Å². The Balaban J connectivity index is 2.63. The van der Waals surface area contributed by atoms with Crippen LogP contribution < -0.4 is 5.73 Å². The molecule has 2 aromatic heterocycles. The molecule has 3 nitrogen and oxygen atoms in total. The highest BCUT2D eigenvalue weighted by Crippen LogP contribution is 2.34. The second-order valence-electron chi connectivity index (χ2n) is 3.12. The highest BCUT2D eigenvalue weighted by Gasteiger charge is 2.14. The Morgan fingerprint density at radius 2 is 2.21 bits per heavy atom. The van der Waals surface area contributed by atoms with Gasteiger partial charge in [-0.25, -0.2) is 0 Å². The predicted molar refractivity (Wildman–Crippen MR) is 63.4 cm³/mol. The van der Waals surface area contributed by atoms with Gasteiger partial charge in [0.15, 0.2) is 0 Å². The maximum absolute atomic E-state index is 5.85. The van der Waals surface area contributed by atoms with Crippen LogP contribution in [0.25, 0.3) is 11.3 Å². The average Bonchev–Trinajstić information content (AvgIpc) is 2.66. The number of nitrogen functional groups attached to an aromatic ring is 1. The molecule has 2 aromatic rings. The van der Waals surface area contributed by atoms with E-state index in [1.54, 1.807) is 16.0 Å². The number of nitrogens with two attached hydrogens (primary N) is 1. The topological polar surface area (TPSA) is 43.8 Å². The van der Waals surface area contributed by atoms with Gasteiger partial charge in [-0.2, -0.15) is 16.4 Å². The van der Waals surface area contributed by atoms with Gasteiger partial charge in [-0.1, -0.05) is 0 Å². The van der Waals surface area contributed by atoms with Gasteiger partial charge in [-0.15, -0.1) is 0 Å². The maximum Gasteiger partial charge on any atom is 0.124 e. The smallest absolute Gasteiger partial charge is 0.124 e. The lowest BCUT2D eigenvalue weighted by Gasteiger charge is -1.94. The van der Waals surface area contributed by atoms with Crippen molar-refractivity contribution in [2.45, 2.75) is 6.92 Å². The highest BCUT2D eigenvalue weighted by atomic mass is 79.9. The van der Waals surface area contributed by atoms with E-state index in [4.69, 9.17) is 5.73 Å². The van der Waals surface area contributed by atoms with E-state index in [9.17, 15) is 0 Å². The summed E-state index contributed by atoms with van der Waals surface area (Å²) in [5, 5.41) is 8.49. The van der Waals surface area contributed by atoms with Crippen LogP contribution in [0.15, 0.2) is 15.2 Å². The van der Waals surface area contributed by atoms with Gasteiger partial charge >= 0.3 is 0 Å². The number of rotatable bonds is 1. The number of aryl methyl sites for hydroxylation is 1. The molecule has 0 aliphatic rings. The van der Waals surface area contributed by atoms with Crippen molar-refractivity contribution in [3.63, 3.8) is 0 Å². The molecule has 0 fully saturated rings. The Labute approximate surface area is 94.7 Å². The summed E-state index contributed by atoms with van der Waals surface area (Å²) in [7, 11) is 1.85. The molecule has 14 heavy (non-hydrogen) atoms. The molecule has 74 valence electrons. The lowest BCUT2D eigenvalue weighted by atomic mass is 10.1. The quantitative estimate of drug-likeness (QED) is 0.867. The van der Waals surface area contributed by atoms with Crippen molar-refractivity contribution in [2.75, 3.05) is 5.73 Å². The summed E-state index contributed by atoms with van der Waals surface area (Å²) in [6.45, 7) is 1.99. The lowest BCUT2D eigenvalue weighted by Crippen LogP contribution is -1.97. The van der Waals surface area contributed by atoms with E-state index in [2.05, 4.69) is 26.4 Å². The van der Waals surface area contributed by atoms with E-state index in [1.807, 2.05) is 19.4 Å². The van der Waals surface area contributed by atoms with Crippen LogP contribution in [-0.4, -0.2) is 9.78 Å². The summed E-state index contributed by atoms with van der Waals surface area (Å²) in [6.07, 6.45) is 0. The average molecular weight is 272 g/mol. The monoisotopic (exact) mass is 271 g/mol. The van der Waals surface area contributed by atoms with Gasteiger partial charge in [0.1, 0.15) is 5.82 Å². The fraction of sp³-hybridized carbons (Fsp3) is 0.222. The van der Waals surface area contributed by atoms with Crippen molar-refractivity contribution in [1.82, 2.24) is 9.78 Å². The number of hydrogen-bond acceptors (Lipinski definition) is 3. The van der Waals surface area contributed by atoms with Gasteiger partial charge in [-0.3, -0.25) is 4.68 Å². The Hall–Kier alpha value is -0.810. The lowest BCUT2D eigenvalue weighted by molar-refractivity contribution is 0.782. The van der Waals surface area contributed by atoms with Gasteiger partial charge in [0, 0.05) is 33.4 Å². The van der Waals surface area contributed by atoms with E-state index in [1.165, 1.54) is 0 Å². The Morgan fingerprint density at radius 3 is 2.64 bits per heavy atom. The van der Waals surface area contributed by atoms with Gasteiger partial charge in [0.2, 0.25) is 0 Å². The number of aromatic nitrogens is 2. The molecule has 2 rings (SSSR count). The van der Waals surface area contributed by atoms with E-state index in [0.29, 0.717) is 0 Å². The molecule has 0 unspecified atom stereocenters. The first kappa shape index (κ1) is 9.73. The number of thiophene rings is 1. The molecule has 0 saturated heterocycles. The minimum atomic E-state index is 0.720. The largest absolute Gasteiger partial charge is 0.384 e. The Bertz CT molecular complexity index is 472. The van der Waals surface area contributed by atoms with Crippen LogP contribution in [0.5, 0.6) is 0 Å². The molecule has 0 atom stereocenters. The summed E-state index contributed by atoms with van der Waals surface area (Å²) in [4.78, 5) is 0. The van der Waals surface area contributed by atoms with Gasteiger partial charge in [-0.05, 0) is 22.9 Å². The molecular formula is C9H10BrN3S. The van der Waals surface area contributed by atoms with Crippen molar-refractivity contribution in [1.29, 1.82) is 0 Å². The first-order valence-corrected chi connectivity index (χ1v) is 5.86. The van der Waals surface area contributed by atoms with Crippen LogP contribution in [0.3, 0.4) is 0 Å². The van der Waals surface area contributed by atoms with Crippen LogP contribution in [0.4, 0.5) is 5.82 Å². The maximum atomic E-state index is 5.85. The molecule has 2 N–H and O–H groups in total. The molecular weight excluding hydrogens is 262 g/mol. The normalized spacial score (nSPS) is 10.8. The first-order valence-electron chi connectivity index (χ1n) is 4.12. The van der Waals surface area contributed by atoms with Crippen molar-refractivity contribution < 1.29 is 0 Å². The molecule has 0 aliphatic carbocycles. The molecule has 0 spiro atoms. The highest BCUT2D eigenvalue weighted by molar-refractivity contribution is 9.10. The molecule has 0 radical (unpaired) electrons. The van der Waals surface area contributed by atoms with Crippen LogP contribution in [0.1, 0.15) is 5.56 Å². The minimum absolute atomic E-state index is 0.720. The zero-order valence-corrected chi connectivity index (χ0v) is 10.3. The molecule has 0 aliphatic heterocycles. The van der Waals surface area contributed by atoms with Crippen LogP contribution in [0, 0.1) is 6.92 Å².